The van der Waals surface area contributed by atoms with Crippen molar-refractivity contribution in [1.82, 2.24) is 0 Å². The Bertz CT molecular complexity index is 424. The summed E-state index contributed by atoms with van der Waals surface area (Å²) < 4.78 is 10.0. The molecule has 17 heavy (non-hydrogen) atoms. The normalized spacial score (nSPS) is 9.82. The first-order valence-corrected chi connectivity index (χ1v) is 5.40. The summed E-state index contributed by atoms with van der Waals surface area (Å²) in [5, 5.41) is 0. The van der Waals surface area contributed by atoms with E-state index in [0.717, 1.165) is 17.4 Å². The van der Waals surface area contributed by atoms with Crippen molar-refractivity contribution in [2.75, 3.05) is 13.7 Å². The Labute approximate surface area is 101 Å². The van der Waals surface area contributed by atoms with Crippen molar-refractivity contribution in [2.24, 2.45) is 0 Å². The topological polar surface area (TPSA) is 52.6 Å². The number of carbonyl (C=O) groups excluding carboxylic acids is 2. The fourth-order valence-corrected chi connectivity index (χ4v) is 1.60. The van der Waals surface area contributed by atoms with Crippen molar-refractivity contribution in [2.45, 2.75) is 20.3 Å². The van der Waals surface area contributed by atoms with Crippen LogP contribution < -0.4 is 4.74 Å². The van der Waals surface area contributed by atoms with E-state index in [0.29, 0.717) is 17.9 Å². The number of esters is 1. The van der Waals surface area contributed by atoms with Gasteiger partial charge in [0.1, 0.15) is 12.0 Å². The van der Waals surface area contributed by atoms with Crippen LogP contribution in [0.2, 0.25) is 0 Å². The molecule has 0 unspecified atom stereocenters. The zero-order chi connectivity index (χ0) is 12.8. The fraction of sp³-hybridized carbons (Fsp3) is 0.385. The summed E-state index contributed by atoms with van der Waals surface area (Å²) in [5.41, 5.74) is 2.10. The van der Waals surface area contributed by atoms with Gasteiger partial charge in [0.25, 0.3) is 0 Å². The van der Waals surface area contributed by atoms with Gasteiger partial charge in [-0.05, 0) is 37.1 Å². The number of hydrogen-bond acceptors (Lipinski definition) is 4. The molecule has 0 saturated carbocycles. The second-order valence-corrected chi connectivity index (χ2v) is 3.61. The highest BCUT2D eigenvalue weighted by Crippen LogP contribution is 2.23. The minimum Gasteiger partial charge on any atom is -0.496 e. The minimum absolute atomic E-state index is 0.151. The van der Waals surface area contributed by atoms with Crippen molar-refractivity contribution >= 4 is 12.3 Å². The molecule has 0 aromatic heterocycles. The summed E-state index contributed by atoms with van der Waals surface area (Å²) in [5.74, 6) is 0.301. The monoisotopic (exact) mass is 236 g/mol. The number of ether oxygens (including phenoxy) is 2. The highest BCUT2D eigenvalue weighted by Gasteiger charge is 2.11. The average molecular weight is 236 g/mol. The van der Waals surface area contributed by atoms with Crippen LogP contribution in [0, 0.1) is 6.92 Å². The molecular formula is C13H16O4. The Morgan fingerprint density at radius 2 is 2.12 bits per heavy atom. The molecule has 0 aliphatic rings. The molecule has 0 amide bonds. The summed E-state index contributed by atoms with van der Waals surface area (Å²) >= 11 is 0. The predicted molar refractivity (Wildman–Crippen MR) is 63.5 cm³/mol. The molecule has 4 nitrogen and oxygen atoms in total. The van der Waals surface area contributed by atoms with Crippen molar-refractivity contribution in [1.29, 1.82) is 0 Å². The van der Waals surface area contributed by atoms with E-state index in [9.17, 15) is 9.59 Å². The molecule has 0 fully saturated rings. The minimum atomic E-state index is -0.305. The number of hydrogen-bond donors (Lipinski definition) is 0. The zero-order valence-corrected chi connectivity index (χ0v) is 10.3. The Morgan fingerprint density at radius 1 is 1.41 bits per heavy atom. The maximum Gasteiger partial charge on any atom is 0.310 e. The number of methoxy groups -OCH3 is 1. The summed E-state index contributed by atoms with van der Waals surface area (Å²) in [6.07, 6.45) is 0.883. The summed E-state index contributed by atoms with van der Waals surface area (Å²) in [7, 11) is 1.53. The summed E-state index contributed by atoms with van der Waals surface area (Å²) in [6, 6.07) is 3.33. The van der Waals surface area contributed by atoms with Gasteiger partial charge in [-0.3, -0.25) is 9.59 Å². The summed E-state index contributed by atoms with van der Waals surface area (Å²) in [6.45, 7) is 3.96. The van der Waals surface area contributed by atoms with Gasteiger partial charge in [-0.15, -0.1) is 0 Å². The van der Waals surface area contributed by atoms with Gasteiger partial charge in [0, 0.05) is 5.56 Å². The molecule has 92 valence electrons. The number of carbonyl (C=O) groups is 2. The van der Waals surface area contributed by atoms with Crippen LogP contribution in [0.1, 0.15) is 28.4 Å². The second-order valence-electron chi connectivity index (χ2n) is 3.61. The Morgan fingerprint density at radius 3 is 2.65 bits per heavy atom. The lowest BCUT2D eigenvalue weighted by molar-refractivity contribution is -0.142. The second kappa shape index (κ2) is 6.03. The highest BCUT2D eigenvalue weighted by molar-refractivity contribution is 5.79. The molecule has 0 atom stereocenters. The molecule has 0 N–H and O–H groups in total. The Balaban J connectivity index is 3.04. The van der Waals surface area contributed by atoms with Crippen LogP contribution in [0.3, 0.4) is 0 Å². The molecule has 0 aliphatic heterocycles. The first-order chi connectivity index (χ1) is 8.12. The Hall–Kier alpha value is -1.84. The third-order valence-electron chi connectivity index (χ3n) is 2.49. The van der Waals surface area contributed by atoms with Gasteiger partial charge < -0.3 is 9.47 Å². The Kier molecular flexibility index (Phi) is 4.69. The molecule has 0 spiro atoms. The SMILES string of the molecule is CCOC(=O)Cc1cc(C=O)cc(OC)c1C. The van der Waals surface area contributed by atoms with Crippen LogP contribution in [0.4, 0.5) is 0 Å². The first kappa shape index (κ1) is 13.2. The molecule has 4 heteroatoms. The third kappa shape index (κ3) is 3.31. The lowest BCUT2D eigenvalue weighted by Gasteiger charge is -2.11. The van der Waals surface area contributed by atoms with Crippen molar-refractivity contribution in [3.8, 4) is 5.75 Å². The number of benzene rings is 1. The number of aldehydes is 1. The molecule has 1 aromatic carbocycles. The molecule has 0 aliphatic carbocycles. The quantitative estimate of drug-likeness (QED) is 0.579. The zero-order valence-electron chi connectivity index (χ0n) is 10.3. The van der Waals surface area contributed by atoms with E-state index in [2.05, 4.69) is 0 Å². The average Bonchev–Trinajstić information content (AvgIpc) is 2.32. The van der Waals surface area contributed by atoms with Crippen LogP contribution in [0.5, 0.6) is 5.75 Å². The van der Waals surface area contributed by atoms with Gasteiger partial charge in [-0.1, -0.05) is 0 Å². The van der Waals surface area contributed by atoms with Crippen molar-refractivity contribution in [3.63, 3.8) is 0 Å². The van der Waals surface area contributed by atoms with E-state index in [1.165, 1.54) is 7.11 Å². The third-order valence-corrected chi connectivity index (χ3v) is 2.49. The van der Waals surface area contributed by atoms with Gasteiger partial charge in [0.15, 0.2) is 0 Å². The van der Waals surface area contributed by atoms with E-state index >= 15 is 0 Å². The van der Waals surface area contributed by atoms with Crippen LogP contribution in [0.15, 0.2) is 12.1 Å². The number of rotatable bonds is 5. The van der Waals surface area contributed by atoms with Crippen LogP contribution in [-0.4, -0.2) is 26.0 Å². The van der Waals surface area contributed by atoms with Gasteiger partial charge in [0.05, 0.1) is 20.1 Å². The van der Waals surface area contributed by atoms with Crippen LogP contribution in [-0.2, 0) is 16.0 Å². The predicted octanol–water partition coefficient (Wildman–Crippen LogP) is 1.92. The van der Waals surface area contributed by atoms with Crippen LogP contribution >= 0.6 is 0 Å². The van der Waals surface area contributed by atoms with Crippen molar-refractivity contribution in [3.05, 3.63) is 28.8 Å². The molecule has 0 heterocycles. The van der Waals surface area contributed by atoms with Crippen LogP contribution in [0.25, 0.3) is 0 Å². The van der Waals surface area contributed by atoms with Gasteiger partial charge in [-0.2, -0.15) is 0 Å². The fourth-order valence-electron chi connectivity index (χ4n) is 1.60. The van der Waals surface area contributed by atoms with Gasteiger partial charge in [-0.25, -0.2) is 0 Å². The maximum atomic E-state index is 11.4. The first-order valence-electron chi connectivity index (χ1n) is 5.40. The molecule has 1 rings (SSSR count). The maximum absolute atomic E-state index is 11.4. The van der Waals surface area contributed by atoms with E-state index in [1.807, 2.05) is 6.92 Å². The summed E-state index contributed by atoms with van der Waals surface area (Å²) in [4.78, 5) is 22.2. The van der Waals surface area contributed by atoms with E-state index in [1.54, 1.807) is 19.1 Å². The molecule has 1 aromatic rings. The van der Waals surface area contributed by atoms with E-state index in [4.69, 9.17) is 9.47 Å². The highest BCUT2D eigenvalue weighted by atomic mass is 16.5. The van der Waals surface area contributed by atoms with Crippen molar-refractivity contribution < 1.29 is 19.1 Å². The van der Waals surface area contributed by atoms with E-state index in [-0.39, 0.29) is 12.4 Å². The molecule has 0 saturated heterocycles. The standard InChI is InChI=1S/C13H16O4/c1-4-17-13(15)7-11-5-10(8-14)6-12(16-3)9(11)2/h5-6,8H,4,7H2,1-3H3. The largest absolute Gasteiger partial charge is 0.496 e. The van der Waals surface area contributed by atoms with Gasteiger partial charge >= 0.3 is 5.97 Å². The lowest BCUT2D eigenvalue weighted by atomic mass is 10.0. The lowest BCUT2D eigenvalue weighted by Crippen LogP contribution is -2.09. The molecule has 0 radical (unpaired) electrons. The smallest absolute Gasteiger partial charge is 0.310 e. The van der Waals surface area contributed by atoms with E-state index < -0.39 is 0 Å². The molecular weight excluding hydrogens is 220 g/mol. The van der Waals surface area contributed by atoms with Gasteiger partial charge in [0.2, 0.25) is 0 Å². The molecule has 0 bridgehead atoms.